The molecule has 2 heterocycles. The van der Waals surface area contributed by atoms with Crippen LogP contribution in [-0.2, 0) is 4.74 Å². The lowest BCUT2D eigenvalue weighted by molar-refractivity contribution is 0.0340. The summed E-state index contributed by atoms with van der Waals surface area (Å²) in [6.07, 6.45) is 0.177. The average Bonchev–Trinajstić information content (AvgIpc) is 2.33. The molecule has 0 aliphatic carbocycles. The van der Waals surface area contributed by atoms with Gasteiger partial charge in [0.05, 0.1) is 24.4 Å². The van der Waals surface area contributed by atoms with Crippen LogP contribution in [0.5, 0.6) is 0 Å². The summed E-state index contributed by atoms with van der Waals surface area (Å²) in [5, 5.41) is 8.92. The molecule has 0 saturated carbocycles. The molecular weight excluding hydrogens is 216 g/mol. The van der Waals surface area contributed by atoms with Crippen molar-refractivity contribution in [3.63, 3.8) is 0 Å². The maximum atomic E-state index is 8.92. The minimum atomic E-state index is 0.177. The lowest BCUT2D eigenvalue weighted by atomic mass is 10.2. The Bertz CT molecular complexity index is 454. The zero-order valence-corrected chi connectivity index (χ0v) is 10.1. The SMILES string of the molecule is CC1CN(c2ccc(N)c(C#N)n2)C(C)CO1. The molecule has 0 bridgehead atoms. The van der Waals surface area contributed by atoms with Gasteiger partial charge in [-0.05, 0) is 26.0 Å². The van der Waals surface area contributed by atoms with Gasteiger partial charge in [-0.2, -0.15) is 5.26 Å². The van der Waals surface area contributed by atoms with Crippen LogP contribution in [0.1, 0.15) is 19.5 Å². The standard InChI is InChI=1S/C12H16N4O/c1-8-7-17-9(2)6-16(8)12-4-3-10(14)11(5-13)15-12/h3-4,8-9H,6-7,14H2,1-2H3. The van der Waals surface area contributed by atoms with Gasteiger partial charge in [-0.15, -0.1) is 0 Å². The molecule has 2 N–H and O–H groups in total. The van der Waals surface area contributed by atoms with Gasteiger partial charge in [-0.1, -0.05) is 0 Å². The van der Waals surface area contributed by atoms with Crippen molar-refractivity contribution in [1.29, 1.82) is 5.26 Å². The van der Waals surface area contributed by atoms with E-state index in [0.717, 1.165) is 12.4 Å². The Morgan fingerprint density at radius 1 is 1.53 bits per heavy atom. The van der Waals surface area contributed by atoms with E-state index in [1.54, 1.807) is 6.07 Å². The Morgan fingerprint density at radius 2 is 2.29 bits per heavy atom. The Kier molecular flexibility index (Phi) is 3.16. The van der Waals surface area contributed by atoms with Crippen molar-refractivity contribution in [2.45, 2.75) is 26.0 Å². The molecule has 1 fully saturated rings. The zero-order valence-electron chi connectivity index (χ0n) is 10.1. The number of nitrogen functional groups attached to an aromatic ring is 1. The Hall–Kier alpha value is -1.80. The molecule has 0 spiro atoms. The first-order valence-corrected chi connectivity index (χ1v) is 5.66. The number of hydrogen-bond acceptors (Lipinski definition) is 5. The average molecular weight is 232 g/mol. The van der Waals surface area contributed by atoms with Crippen molar-refractivity contribution < 1.29 is 4.74 Å². The molecule has 1 saturated heterocycles. The van der Waals surface area contributed by atoms with Crippen molar-refractivity contribution in [3.8, 4) is 6.07 Å². The minimum Gasteiger partial charge on any atom is -0.396 e. The predicted molar refractivity (Wildman–Crippen MR) is 65.6 cm³/mol. The first-order chi connectivity index (χ1) is 8.11. The number of hydrogen-bond donors (Lipinski definition) is 1. The lowest BCUT2D eigenvalue weighted by Crippen LogP contribution is -2.47. The van der Waals surface area contributed by atoms with Gasteiger partial charge in [0, 0.05) is 6.54 Å². The van der Waals surface area contributed by atoms with Crippen LogP contribution in [0.3, 0.4) is 0 Å². The molecule has 0 aromatic carbocycles. The quantitative estimate of drug-likeness (QED) is 0.786. The normalized spacial score (nSPS) is 24.4. The molecule has 0 amide bonds. The highest BCUT2D eigenvalue weighted by Crippen LogP contribution is 2.21. The summed E-state index contributed by atoms with van der Waals surface area (Å²) in [6.45, 7) is 5.56. The number of anilines is 2. The third-order valence-corrected chi connectivity index (χ3v) is 2.92. The summed E-state index contributed by atoms with van der Waals surface area (Å²) in [6, 6.07) is 5.85. The number of rotatable bonds is 1. The number of aromatic nitrogens is 1. The Balaban J connectivity index is 2.30. The fraction of sp³-hybridized carbons (Fsp3) is 0.500. The van der Waals surface area contributed by atoms with Crippen LogP contribution in [0, 0.1) is 11.3 Å². The first kappa shape index (κ1) is 11.7. The van der Waals surface area contributed by atoms with Crippen LogP contribution in [0.25, 0.3) is 0 Å². The maximum absolute atomic E-state index is 8.92. The molecule has 17 heavy (non-hydrogen) atoms. The van der Waals surface area contributed by atoms with E-state index >= 15 is 0 Å². The van der Waals surface area contributed by atoms with Crippen LogP contribution in [0.4, 0.5) is 11.5 Å². The number of morpholine rings is 1. The summed E-state index contributed by atoms with van der Waals surface area (Å²) in [4.78, 5) is 6.43. The molecule has 0 radical (unpaired) electrons. The number of nitrogens with two attached hydrogens (primary N) is 1. The molecule has 90 valence electrons. The highest BCUT2D eigenvalue weighted by atomic mass is 16.5. The fourth-order valence-corrected chi connectivity index (χ4v) is 1.93. The summed E-state index contributed by atoms with van der Waals surface area (Å²) in [5.74, 6) is 0.790. The Labute approximate surface area is 101 Å². The Morgan fingerprint density at radius 3 is 3.00 bits per heavy atom. The van der Waals surface area contributed by atoms with Crippen molar-refractivity contribution >= 4 is 11.5 Å². The molecule has 2 unspecified atom stereocenters. The van der Waals surface area contributed by atoms with Crippen molar-refractivity contribution in [1.82, 2.24) is 4.98 Å². The summed E-state index contributed by atoms with van der Waals surface area (Å²) < 4.78 is 5.56. The lowest BCUT2D eigenvalue weighted by Gasteiger charge is -2.37. The second kappa shape index (κ2) is 4.60. The van der Waals surface area contributed by atoms with E-state index in [1.165, 1.54) is 0 Å². The molecular formula is C12H16N4O. The first-order valence-electron chi connectivity index (χ1n) is 5.66. The summed E-state index contributed by atoms with van der Waals surface area (Å²) in [5.41, 5.74) is 6.37. The van der Waals surface area contributed by atoms with E-state index < -0.39 is 0 Å². The van der Waals surface area contributed by atoms with Gasteiger partial charge in [0.2, 0.25) is 0 Å². The van der Waals surface area contributed by atoms with Gasteiger partial charge in [-0.25, -0.2) is 4.98 Å². The summed E-state index contributed by atoms with van der Waals surface area (Å²) >= 11 is 0. The number of ether oxygens (including phenoxy) is 1. The second-order valence-electron chi connectivity index (χ2n) is 4.36. The van der Waals surface area contributed by atoms with Crippen molar-refractivity contribution in [3.05, 3.63) is 17.8 Å². The van der Waals surface area contributed by atoms with Crippen LogP contribution < -0.4 is 10.6 Å². The molecule has 2 rings (SSSR count). The van der Waals surface area contributed by atoms with E-state index in [-0.39, 0.29) is 17.8 Å². The smallest absolute Gasteiger partial charge is 0.165 e. The second-order valence-corrected chi connectivity index (χ2v) is 4.36. The van der Waals surface area contributed by atoms with Crippen LogP contribution in [-0.4, -0.2) is 30.3 Å². The van der Waals surface area contributed by atoms with Crippen LogP contribution in [0.2, 0.25) is 0 Å². The highest BCUT2D eigenvalue weighted by Gasteiger charge is 2.24. The fourth-order valence-electron chi connectivity index (χ4n) is 1.93. The predicted octanol–water partition coefficient (Wildman–Crippen LogP) is 1.15. The monoisotopic (exact) mass is 232 g/mol. The summed E-state index contributed by atoms with van der Waals surface area (Å²) in [7, 11) is 0. The van der Waals surface area contributed by atoms with Gasteiger partial charge in [0.1, 0.15) is 11.9 Å². The van der Waals surface area contributed by atoms with E-state index in [2.05, 4.69) is 16.8 Å². The molecule has 5 nitrogen and oxygen atoms in total. The van der Waals surface area contributed by atoms with E-state index in [9.17, 15) is 0 Å². The largest absolute Gasteiger partial charge is 0.396 e. The molecule has 1 aliphatic heterocycles. The third-order valence-electron chi connectivity index (χ3n) is 2.92. The topological polar surface area (TPSA) is 75.2 Å². The maximum Gasteiger partial charge on any atom is 0.165 e. The minimum absolute atomic E-state index is 0.177. The van der Waals surface area contributed by atoms with Gasteiger partial charge in [0.25, 0.3) is 0 Å². The van der Waals surface area contributed by atoms with Gasteiger partial charge in [0.15, 0.2) is 5.69 Å². The van der Waals surface area contributed by atoms with Crippen molar-refractivity contribution in [2.75, 3.05) is 23.8 Å². The van der Waals surface area contributed by atoms with Crippen molar-refractivity contribution in [2.24, 2.45) is 0 Å². The molecule has 1 aromatic heterocycles. The molecule has 2 atom stereocenters. The number of nitrogens with zero attached hydrogens (tertiary/aromatic N) is 3. The number of nitriles is 1. The molecule has 1 aliphatic rings. The molecule has 5 heteroatoms. The van der Waals surface area contributed by atoms with E-state index in [4.69, 9.17) is 15.7 Å². The number of pyridine rings is 1. The van der Waals surface area contributed by atoms with E-state index in [0.29, 0.717) is 12.3 Å². The van der Waals surface area contributed by atoms with Gasteiger partial charge < -0.3 is 15.4 Å². The zero-order chi connectivity index (χ0) is 12.4. The van der Waals surface area contributed by atoms with Crippen LogP contribution >= 0.6 is 0 Å². The molecule has 1 aromatic rings. The highest BCUT2D eigenvalue weighted by molar-refractivity contribution is 5.55. The third kappa shape index (κ3) is 2.32. The van der Waals surface area contributed by atoms with Gasteiger partial charge >= 0.3 is 0 Å². The van der Waals surface area contributed by atoms with Crippen LogP contribution in [0.15, 0.2) is 12.1 Å². The van der Waals surface area contributed by atoms with Gasteiger partial charge in [-0.3, -0.25) is 0 Å². The van der Waals surface area contributed by atoms with E-state index in [1.807, 2.05) is 19.1 Å².